The SMILES string of the molecule is CC(OC(=O)[C@H](C)N=C1NS(=O)(=O)c2ccccc21)C(=O)Nc1ccc(Oc2ccccc2)cc1. The predicted molar refractivity (Wildman–Crippen MR) is 130 cm³/mol. The zero-order valence-corrected chi connectivity index (χ0v) is 19.8. The molecule has 35 heavy (non-hydrogen) atoms. The quantitative estimate of drug-likeness (QED) is 0.486. The molecule has 0 saturated carbocycles. The number of rotatable bonds is 7. The van der Waals surface area contributed by atoms with Crippen LogP contribution < -0.4 is 14.8 Å². The number of hydrogen-bond donors (Lipinski definition) is 2. The molecule has 1 unspecified atom stereocenters. The van der Waals surface area contributed by atoms with Crippen molar-refractivity contribution in [3.8, 4) is 11.5 Å². The lowest BCUT2D eigenvalue weighted by atomic mass is 10.2. The molecule has 2 atom stereocenters. The minimum Gasteiger partial charge on any atom is -0.457 e. The number of benzene rings is 3. The molecule has 0 spiro atoms. The van der Waals surface area contributed by atoms with E-state index in [1.165, 1.54) is 19.9 Å². The van der Waals surface area contributed by atoms with Gasteiger partial charge in [0.1, 0.15) is 23.4 Å². The molecular weight excluding hydrogens is 470 g/mol. The molecule has 0 bridgehead atoms. The average molecular weight is 494 g/mol. The van der Waals surface area contributed by atoms with Gasteiger partial charge in [-0.25, -0.2) is 13.2 Å². The van der Waals surface area contributed by atoms with Crippen molar-refractivity contribution in [1.82, 2.24) is 4.72 Å². The molecule has 2 N–H and O–H groups in total. The molecule has 3 aromatic rings. The smallest absolute Gasteiger partial charge is 0.331 e. The lowest BCUT2D eigenvalue weighted by molar-refractivity contribution is -0.153. The van der Waals surface area contributed by atoms with Gasteiger partial charge in [0.15, 0.2) is 6.10 Å². The van der Waals surface area contributed by atoms with E-state index in [9.17, 15) is 18.0 Å². The van der Waals surface area contributed by atoms with E-state index in [0.717, 1.165) is 0 Å². The first-order chi connectivity index (χ1) is 16.7. The fourth-order valence-electron chi connectivity index (χ4n) is 3.28. The number of amidine groups is 1. The number of nitrogens with zero attached hydrogens (tertiary/aromatic N) is 1. The maximum absolute atomic E-state index is 12.5. The fourth-order valence-corrected chi connectivity index (χ4v) is 4.52. The Morgan fingerprint density at radius 1 is 0.886 bits per heavy atom. The Bertz CT molecular complexity index is 1370. The van der Waals surface area contributed by atoms with Crippen LogP contribution in [0.1, 0.15) is 19.4 Å². The number of amides is 1. The Hall–Kier alpha value is -4.18. The molecule has 1 aliphatic heterocycles. The summed E-state index contributed by atoms with van der Waals surface area (Å²) < 4.78 is 37.7. The number of ether oxygens (including phenoxy) is 2. The lowest BCUT2D eigenvalue weighted by Gasteiger charge is -2.15. The van der Waals surface area contributed by atoms with Gasteiger partial charge in [-0.2, -0.15) is 0 Å². The summed E-state index contributed by atoms with van der Waals surface area (Å²) in [7, 11) is -3.72. The Balaban J connectivity index is 1.34. The standard InChI is InChI=1S/C25H23N3O6S/c1-16(26-23-21-10-6-7-11-22(21)35(31,32)28-23)25(30)33-17(2)24(29)27-18-12-14-20(15-13-18)34-19-8-4-3-5-9-19/h3-17H,1-2H3,(H,26,28)(H,27,29)/t16-,17?/m0/s1. The molecule has 0 aromatic heterocycles. The van der Waals surface area contributed by atoms with Crippen LogP contribution in [-0.2, 0) is 24.3 Å². The highest BCUT2D eigenvalue weighted by Gasteiger charge is 2.31. The summed E-state index contributed by atoms with van der Waals surface area (Å²) in [5.41, 5.74) is 0.876. The number of fused-ring (bicyclic) bond motifs is 1. The van der Waals surface area contributed by atoms with Crippen molar-refractivity contribution in [2.75, 3.05) is 5.32 Å². The van der Waals surface area contributed by atoms with E-state index < -0.39 is 34.0 Å². The summed E-state index contributed by atoms with van der Waals surface area (Å²) in [5.74, 6) is 0.0549. The first kappa shape index (κ1) is 24.0. The van der Waals surface area contributed by atoms with Crippen molar-refractivity contribution < 1.29 is 27.5 Å². The Morgan fingerprint density at radius 2 is 1.51 bits per heavy atom. The van der Waals surface area contributed by atoms with Gasteiger partial charge < -0.3 is 14.8 Å². The minimum absolute atomic E-state index is 0.0555. The summed E-state index contributed by atoms with van der Waals surface area (Å²) in [4.78, 5) is 29.2. The summed E-state index contributed by atoms with van der Waals surface area (Å²) in [5, 5.41) is 2.67. The third kappa shape index (κ3) is 5.67. The molecule has 10 heteroatoms. The van der Waals surface area contributed by atoms with Crippen molar-refractivity contribution in [1.29, 1.82) is 0 Å². The van der Waals surface area contributed by atoms with Crippen LogP contribution in [0.2, 0.25) is 0 Å². The Kier molecular flexibility index (Phi) is 6.83. The van der Waals surface area contributed by atoms with Crippen LogP contribution in [0.15, 0.2) is 88.8 Å². The van der Waals surface area contributed by atoms with Crippen LogP contribution in [-0.4, -0.2) is 38.3 Å². The fraction of sp³-hybridized carbons (Fsp3) is 0.160. The number of anilines is 1. The van der Waals surface area contributed by atoms with Crippen LogP contribution in [0, 0.1) is 0 Å². The molecule has 3 aromatic carbocycles. The summed E-state index contributed by atoms with van der Waals surface area (Å²) >= 11 is 0. The van der Waals surface area contributed by atoms with E-state index in [1.54, 1.807) is 42.5 Å². The number of aliphatic imine (C=N–C) groups is 1. The summed E-state index contributed by atoms with van der Waals surface area (Å²) in [6.45, 7) is 2.90. The Morgan fingerprint density at radius 3 is 2.23 bits per heavy atom. The van der Waals surface area contributed by atoms with E-state index in [2.05, 4.69) is 15.0 Å². The number of esters is 1. The van der Waals surface area contributed by atoms with Gasteiger partial charge in [0.05, 0.1) is 4.90 Å². The number of para-hydroxylation sites is 1. The van der Waals surface area contributed by atoms with Gasteiger partial charge in [-0.1, -0.05) is 30.3 Å². The van der Waals surface area contributed by atoms with Crippen LogP contribution >= 0.6 is 0 Å². The highest BCUT2D eigenvalue weighted by molar-refractivity contribution is 7.90. The first-order valence-electron chi connectivity index (χ1n) is 10.8. The van der Waals surface area contributed by atoms with Gasteiger partial charge in [0.25, 0.3) is 15.9 Å². The summed E-state index contributed by atoms with van der Waals surface area (Å²) in [6.07, 6.45) is -1.10. The highest BCUT2D eigenvalue weighted by atomic mass is 32.2. The average Bonchev–Trinajstić information content (AvgIpc) is 3.10. The van der Waals surface area contributed by atoms with E-state index in [-0.39, 0.29) is 10.7 Å². The largest absolute Gasteiger partial charge is 0.457 e. The predicted octanol–water partition coefficient (Wildman–Crippen LogP) is 3.48. The van der Waals surface area contributed by atoms with Gasteiger partial charge in [-0.05, 0) is 62.4 Å². The molecule has 4 rings (SSSR count). The zero-order chi connectivity index (χ0) is 25.0. The van der Waals surface area contributed by atoms with Gasteiger partial charge >= 0.3 is 5.97 Å². The van der Waals surface area contributed by atoms with Crippen molar-refractivity contribution in [2.45, 2.75) is 30.9 Å². The van der Waals surface area contributed by atoms with Crippen molar-refractivity contribution in [2.24, 2.45) is 4.99 Å². The third-order valence-corrected chi connectivity index (χ3v) is 6.49. The van der Waals surface area contributed by atoms with Gasteiger partial charge in [0.2, 0.25) is 0 Å². The van der Waals surface area contributed by atoms with Crippen molar-refractivity contribution in [3.05, 3.63) is 84.4 Å². The molecule has 0 radical (unpaired) electrons. The van der Waals surface area contributed by atoms with Crippen LogP contribution in [0.4, 0.5) is 5.69 Å². The van der Waals surface area contributed by atoms with Crippen LogP contribution in [0.5, 0.6) is 11.5 Å². The maximum atomic E-state index is 12.5. The van der Waals surface area contributed by atoms with Crippen LogP contribution in [0.3, 0.4) is 0 Å². The lowest BCUT2D eigenvalue weighted by Crippen LogP contribution is -2.33. The highest BCUT2D eigenvalue weighted by Crippen LogP contribution is 2.24. The Labute approximate surface area is 202 Å². The first-order valence-corrected chi connectivity index (χ1v) is 12.3. The van der Waals surface area contributed by atoms with E-state index in [0.29, 0.717) is 22.7 Å². The second-order valence-electron chi connectivity index (χ2n) is 7.76. The normalized spacial score (nSPS) is 16.5. The topological polar surface area (TPSA) is 123 Å². The molecule has 1 aliphatic rings. The molecule has 0 saturated heterocycles. The van der Waals surface area contributed by atoms with Crippen molar-refractivity contribution in [3.63, 3.8) is 0 Å². The summed E-state index contributed by atoms with van der Waals surface area (Å²) in [6, 6.07) is 21.3. The monoisotopic (exact) mass is 493 g/mol. The second kappa shape index (κ2) is 9.98. The number of sulfonamides is 1. The van der Waals surface area contributed by atoms with Gasteiger partial charge in [-0.3, -0.25) is 14.5 Å². The molecule has 180 valence electrons. The third-order valence-electron chi connectivity index (χ3n) is 5.09. The second-order valence-corrected chi connectivity index (χ2v) is 9.41. The molecule has 0 fully saturated rings. The maximum Gasteiger partial charge on any atom is 0.331 e. The van der Waals surface area contributed by atoms with Crippen molar-refractivity contribution >= 4 is 33.4 Å². The van der Waals surface area contributed by atoms with Gasteiger partial charge in [-0.15, -0.1) is 0 Å². The molecule has 9 nitrogen and oxygen atoms in total. The van der Waals surface area contributed by atoms with E-state index in [4.69, 9.17) is 9.47 Å². The van der Waals surface area contributed by atoms with E-state index >= 15 is 0 Å². The minimum atomic E-state index is -3.72. The zero-order valence-electron chi connectivity index (χ0n) is 19.0. The molecule has 1 amide bonds. The molecule has 0 aliphatic carbocycles. The van der Waals surface area contributed by atoms with E-state index in [1.807, 2.05) is 30.3 Å². The van der Waals surface area contributed by atoms with Crippen LogP contribution in [0.25, 0.3) is 0 Å². The number of carbonyl (C=O) groups excluding carboxylic acids is 2. The number of nitrogens with one attached hydrogen (secondary N) is 2. The molecular formula is C25H23N3O6S. The van der Waals surface area contributed by atoms with Gasteiger partial charge in [0, 0.05) is 11.3 Å². The number of carbonyl (C=O) groups is 2. The molecule has 1 heterocycles. The number of hydrogen-bond acceptors (Lipinski definition) is 7.